The fraction of sp³-hybridized carbons (Fsp3) is 0.200. The van der Waals surface area contributed by atoms with Crippen molar-refractivity contribution in [3.8, 4) is 0 Å². The summed E-state index contributed by atoms with van der Waals surface area (Å²) in [6.07, 6.45) is 0.285. The molecular formula is C15H13ClN2OS. The molecule has 0 saturated heterocycles. The lowest BCUT2D eigenvalue weighted by atomic mass is 10.1. The number of nitrogens with zero attached hydrogens (tertiary/aromatic N) is 2. The number of thiophene rings is 1. The number of aryl methyl sites for hydroxylation is 1. The maximum atomic E-state index is 12.3. The summed E-state index contributed by atoms with van der Waals surface area (Å²) in [6.45, 7) is 2.83. The number of halogens is 1. The second-order valence-corrected chi connectivity index (χ2v) is 5.80. The van der Waals surface area contributed by atoms with E-state index in [0.717, 1.165) is 23.1 Å². The third kappa shape index (κ3) is 2.25. The van der Waals surface area contributed by atoms with Gasteiger partial charge in [-0.3, -0.25) is 9.48 Å². The molecule has 0 bridgehead atoms. The van der Waals surface area contributed by atoms with Crippen LogP contribution in [0.1, 0.15) is 22.3 Å². The van der Waals surface area contributed by atoms with Crippen molar-refractivity contribution in [1.82, 2.24) is 9.78 Å². The zero-order valence-electron chi connectivity index (χ0n) is 11.0. The van der Waals surface area contributed by atoms with Crippen LogP contribution in [0.2, 0.25) is 5.02 Å². The summed E-state index contributed by atoms with van der Waals surface area (Å²) in [5.41, 5.74) is 1.88. The predicted octanol–water partition coefficient (Wildman–Crippen LogP) is 4.20. The van der Waals surface area contributed by atoms with E-state index < -0.39 is 0 Å². The molecular weight excluding hydrogens is 292 g/mol. The first-order valence-corrected chi connectivity index (χ1v) is 7.67. The van der Waals surface area contributed by atoms with Crippen LogP contribution in [0.25, 0.3) is 10.9 Å². The molecule has 0 spiro atoms. The Balaban J connectivity index is 1.99. The van der Waals surface area contributed by atoms with Gasteiger partial charge in [0.25, 0.3) is 0 Å². The van der Waals surface area contributed by atoms with Crippen molar-refractivity contribution >= 4 is 39.6 Å². The summed E-state index contributed by atoms with van der Waals surface area (Å²) in [5.74, 6) is 0.0245. The molecule has 3 nitrogen and oxygen atoms in total. The maximum absolute atomic E-state index is 12.3. The van der Waals surface area contributed by atoms with Gasteiger partial charge in [0.05, 0.1) is 27.5 Å². The molecule has 0 aliphatic carbocycles. The Kier molecular flexibility index (Phi) is 3.59. The van der Waals surface area contributed by atoms with Gasteiger partial charge in [-0.2, -0.15) is 5.10 Å². The highest BCUT2D eigenvalue weighted by Gasteiger charge is 2.17. The van der Waals surface area contributed by atoms with E-state index in [1.165, 1.54) is 11.3 Å². The summed E-state index contributed by atoms with van der Waals surface area (Å²) in [4.78, 5) is 12.9. The average Bonchev–Trinajstić information content (AvgIpc) is 3.03. The Morgan fingerprint density at radius 3 is 2.85 bits per heavy atom. The van der Waals surface area contributed by atoms with Gasteiger partial charge in [0.1, 0.15) is 0 Å². The highest BCUT2D eigenvalue weighted by atomic mass is 35.5. The van der Waals surface area contributed by atoms with E-state index in [9.17, 15) is 4.79 Å². The third-order valence-electron chi connectivity index (χ3n) is 3.23. The molecule has 5 heteroatoms. The SMILES string of the molecule is CCn1nc(CC(=O)c2sccc2Cl)c2ccccc21. The van der Waals surface area contributed by atoms with Crippen LogP contribution in [0, 0.1) is 0 Å². The van der Waals surface area contributed by atoms with Crippen molar-refractivity contribution < 1.29 is 4.79 Å². The fourth-order valence-corrected chi connectivity index (χ4v) is 3.39. The van der Waals surface area contributed by atoms with E-state index in [2.05, 4.69) is 5.10 Å². The number of ketones is 1. The lowest BCUT2D eigenvalue weighted by Crippen LogP contribution is -2.04. The van der Waals surface area contributed by atoms with Crippen LogP contribution in [-0.2, 0) is 13.0 Å². The lowest BCUT2D eigenvalue weighted by molar-refractivity contribution is 0.0996. The first kappa shape index (κ1) is 13.3. The van der Waals surface area contributed by atoms with Gasteiger partial charge in [0.15, 0.2) is 5.78 Å². The molecule has 0 atom stereocenters. The molecule has 2 aromatic heterocycles. The van der Waals surface area contributed by atoms with Gasteiger partial charge in [-0.1, -0.05) is 29.8 Å². The summed E-state index contributed by atoms with van der Waals surface area (Å²) in [7, 11) is 0. The molecule has 0 N–H and O–H groups in total. The van der Waals surface area contributed by atoms with Crippen LogP contribution < -0.4 is 0 Å². The van der Waals surface area contributed by atoms with Crippen LogP contribution in [-0.4, -0.2) is 15.6 Å². The molecule has 0 radical (unpaired) electrons. The molecule has 1 aromatic carbocycles. The number of rotatable bonds is 4. The quantitative estimate of drug-likeness (QED) is 0.677. The minimum atomic E-state index is 0.0245. The minimum absolute atomic E-state index is 0.0245. The van der Waals surface area contributed by atoms with E-state index in [4.69, 9.17) is 11.6 Å². The molecule has 0 aliphatic heterocycles. The van der Waals surface area contributed by atoms with Gasteiger partial charge in [-0.25, -0.2) is 0 Å². The van der Waals surface area contributed by atoms with E-state index in [-0.39, 0.29) is 12.2 Å². The van der Waals surface area contributed by atoms with E-state index in [0.29, 0.717) is 9.90 Å². The Labute approximate surface area is 125 Å². The number of Topliss-reactive ketones (excluding diaryl/α,β-unsaturated/α-hetero) is 1. The van der Waals surface area contributed by atoms with Crippen molar-refractivity contribution in [1.29, 1.82) is 0 Å². The number of aromatic nitrogens is 2. The maximum Gasteiger partial charge on any atom is 0.180 e. The molecule has 0 fully saturated rings. The van der Waals surface area contributed by atoms with E-state index in [1.54, 1.807) is 6.07 Å². The Morgan fingerprint density at radius 1 is 1.35 bits per heavy atom. The van der Waals surface area contributed by atoms with Crippen LogP contribution in [0.5, 0.6) is 0 Å². The van der Waals surface area contributed by atoms with Crippen molar-refractivity contribution in [3.05, 3.63) is 51.3 Å². The van der Waals surface area contributed by atoms with Crippen LogP contribution in [0.15, 0.2) is 35.7 Å². The summed E-state index contributed by atoms with van der Waals surface area (Å²) in [6, 6.07) is 9.74. The number of carbonyl (C=O) groups is 1. The summed E-state index contributed by atoms with van der Waals surface area (Å²) in [5, 5.41) is 7.94. The van der Waals surface area contributed by atoms with Crippen molar-refractivity contribution in [2.24, 2.45) is 0 Å². The Morgan fingerprint density at radius 2 is 2.15 bits per heavy atom. The summed E-state index contributed by atoms with van der Waals surface area (Å²) < 4.78 is 1.92. The number of fused-ring (bicyclic) bond motifs is 1. The van der Waals surface area contributed by atoms with Gasteiger partial charge < -0.3 is 0 Å². The monoisotopic (exact) mass is 304 g/mol. The van der Waals surface area contributed by atoms with Crippen molar-refractivity contribution in [2.75, 3.05) is 0 Å². The topological polar surface area (TPSA) is 34.9 Å². The van der Waals surface area contributed by atoms with Gasteiger partial charge in [-0.05, 0) is 24.4 Å². The highest BCUT2D eigenvalue weighted by molar-refractivity contribution is 7.12. The Bertz CT molecular complexity index is 775. The molecule has 3 rings (SSSR count). The normalized spacial score (nSPS) is 11.1. The molecule has 0 aliphatic rings. The molecule has 3 aromatic rings. The standard InChI is InChI=1S/C15H13ClN2OS/c1-2-18-13-6-4-3-5-10(13)12(17-18)9-14(19)15-11(16)7-8-20-15/h3-8H,2,9H2,1H3. The number of hydrogen-bond donors (Lipinski definition) is 0. The van der Waals surface area contributed by atoms with Crippen LogP contribution in [0.3, 0.4) is 0 Å². The highest BCUT2D eigenvalue weighted by Crippen LogP contribution is 2.25. The van der Waals surface area contributed by atoms with Crippen molar-refractivity contribution in [3.63, 3.8) is 0 Å². The number of hydrogen-bond acceptors (Lipinski definition) is 3. The number of benzene rings is 1. The Hall–Kier alpha value is -1.65. The van der Waals surface area contributed by atoms with Gasteiger partial charge >= 0.3 is 0 Å². The second-order valence-electron chi connectivity index (χ2n) is 4.48. The predicted molar refractivity (Wildman–Crippen MR) is 82.8 cm³/mol. The second kappa shape index (κ2) is 5.38. The van der Waals surface area contributed by atoms with Gasteiger partial charge in [-0.15, -0.1) is 11.3 Å². The van der Waals surface area contributed by atoms with E-state index in [1.807, 2.05) is 41.3 Å². The summed E-state index contributed by atoms with van der Waals surface area (Å²) >= 11 is 7.39. The number of para-hydroxylation sites is 1. The molecule has 0 saturated carbocycles. The fourth-order valence-electron chi connectivity index (χ4n) is 2.29. The first-order valence-electron chi connectivity index (χ1n) is 6.41. The third-order valence-corrected chi connectivity index (χ3v) is 4.61. The smallest absolute Gasteiger partial charge is 0.180 e. The van der Waals surface area contributed by atoms with Gasteiger partial charge in [0.2, 0.25) is 0 Å². The molecule has 0 amide bonds. The van der Waals surface area contributed by atoms with Crippen molar-refractivity contribution in [2.45, 2.75) is 19.9 Å². The number of carbonyl (C=O) groups excluding carboxylic acids is 1. The first-order chi connectivity index (χ1) is 9.70. The largest absolute Gasteiger partial charge is 0.293 e. The molecule has 0 unspecified atom stereocenters. The zero-order valence-corrected chi connectivity index (χ0v) is 12.5. The molecule has 20 heavy (non-hydrogen) atoms. The van der Waals surface area contributed by atoms with Gasteiger partial charge in [0, 0.05) is 11.9 Å². The lowest BCUT2D eigenvalue weighted by Gasteiger charge is -1.97. The minimum Gasteiger partial charge on any atom is -0.293 e. The molecule has 2 heterocycles. The van der Waals surface area contributed by atoms with Crippen LogP contribution >= 0.6 is 22.9 Å². The average molecular weight is 305 g/mol. The zero-order chi connectivity index (χ0) is 14.1. The van der Waals surface area contributed by atoms with E-state index >= 15 is 0 Å². The molecule has 102 valence electrons. The van der Waals surface area contributed by atoms with Crippen LogP contribution in [0.4, 0.5) is 0 Å².